The zero-order valence-corrected chi connectivity index (χ0v) is 10.1. The molecule has 16 heavy (non-hydrogen) atoms. The summed E-state index contributed by atoms with van der Waals surface area (Å²) in [6, 6.07) is -0.703. The van der Waals surface area contributed by atoms with Gasteiger partial charge in [-0.3, -0.25) is 0 Å². The molecule has 1 atom stereocenters. The number of nitrogens with one attached hydrogen (secondary N) is 1. The van der Waals surface area contributed by atoms with Crippen LogP contribution in [0.15, 0.2) is 11.8 Å². The van der Waals surface area contributed by atoms with Crippen molar-refractivity contribution < 1.29 is 19.4 Å². The van der Waals surface area contributed by atoms with Gasteiger partial charge in [-0.2, -0.15) is 0 Å². The van der Waals surface area contributed by atoms with Crippen molar-refractivity contribution in [2.75, 3.05) is 6.61 Å². The van der Waals surface area contributed by atoms with Crippen molar-refractivity contribution in [2.45, 2.75) is 33.7 Å². The van der Waals surface area contributed by atoms with Crippen LogP contribution in [0.4, 0.5) is 0 Å². The average Bonchev–Trinajstić information content (AvgIpc) is 2.13. The third-order valence-corrected chi connectivity index (χ3v) is 1.94. The van der Waals surface area contributed by atoms with Crippen molar-refractivity contribution in [3.63, 3.8) is 0 Å². The standard InChI is InChI=1S/C11H19NO4/c1-5-16-9(13)6-8(4)12-10(7(2)3)11(14)15/h6-7,10,12H,5H2,1-4H3,(H,14,15)/b8-6+. The van der Waals surface area contributed by atoms with E-state index in [0.29, 0.717) is 12.3 Å². The predicted molar refractivity (Wildman–Crippen MR) is 59.8 cm³/mol. The number of allylic oxidation sites excluding steroid dienone is 1. The van der Waals surface area contributed by atoms with Crippen LogP contribution in [0.5, 0.6) is 0 Å². The maximum atomic E-state index is 11.1. The highest BCUT2D eigenvalue weighted by Gasteiger charge is 2.20. The minimum Gasteiger partial charge on any atom is -0.480 e. The molecule has 0 rings (SSSR count). The third-order valence-electron chi connectivity index (χ3n) is 1.94. The fourth-order valence-electron chi connectivity index (χ4n) is 1.16. The average molecular weight is 229 g/mol. The summed E-state index contributed by atoms with van der Waals surface area (Å²) in [5, 5.41) is 11.7. The maximum absolute atomic E-state index is 11.1. The number of carboxylic acid groups (broad SMARTS) is 1. The Hall–Kier alpha value is -1.52. The lowest BCUT2D eigenvalue weighted by Crippen LogP contribution is -2.40. The van der Waals surface area contributed by atoms with Crippen molar-refractivity contribution in [3.8, 4) is 0 Å². The van der Waals surface area contributed by atoms with E-state index in [1.807, 2.05) is 0 Å². The summed E-state index contributed by atoms with van der Waals surface area (Å²) in [4.78, 5) is 22.0. The molecule has 0 aromatic heterocycles. The van der Waals surface area contributed by atoms with Crippen LogP contribution in [-0.2, 0) is 14.3 Å². The summed E-state index contributed by atoms with van der Waals surface area (Å²) in [5.74, 6) is -1.48. The molecule has 0 aliphatic heterocycles. The molecule has 2 N–H and O–H groups in total. The lowest BCUT2D eigenvalue weighted by atomic mass is 10.0. The number of hydrogen-bond acceptors (Lipinski definition) is 4. The van der Waals surface area contributed by atoms with Gasteiger partial charge in [0.1, 0.15) is 6.04 Å². The lowest BCUT2D eigenvalue weighted by molar-refractivity contribution is -0.141. The molecule has 0 aliphatic carbocycles. The minimum atomic E-state index is -0.938. The molecule has 0 saturated heterocycles. The monoisotopic (exact) mass is 229 g/mol. The fourth-order valence-corrected chi connectivity index (χ4v) is 1.16. The van der Waals surface area contributed by atoms with E-state index >= 15 is 0 Å². The van der Waals surface area contributed by atoms with E-state index in [-0.39, 0.29) is 5.92 Å². The van der Waals surface area contributed by atoms with Crippen molar-refractivity contribution in [3.05, 3.63) is 11.8 Å². The quantitative estimate of drug-likeness (QED) is 0.528. The highest BCUT2D eigenvalue weighted by Crippen LogP contribution is 2.04. The second-order valence-corrected chi connectivity index (χ2v) is 3.78. The molecule has 0 aliphatic rings. The first-order valence-corrected chi connectivity index (χ1v) is 5.22. The van der Waals surface area contributed by atoms with Gasteiger partial charge in [-0.15, -0.1) is 0 Å². The van der Waals surface area contributed by atoms with Crippen molar-refractivity contribution in [2.24, 2.45) is 5.92 Å². The summed E-state index contributed by atoms with van der Waals surface area (Å²) < 4.78 is 4.71. The summed E-state index contributed by atoms with van der Waals surface area (Å²) >= 11 is 0. The van der Waals surface area contributed by atoms with Crippen molar-refractivity contribution >= 4 is 11.9 Å². The number of hydrogen-bond donors (Lipinski definition) is 2. The van der Waals surface area contributed by atoms with E-state index in [2.05, 4.69) is 5.32 Å². The Morgan fingerprint density at radius 2 is 2.00 bits per heavy atom. The molecule has 5 nitrogen and oxygen atoms in total. The Labute approximate surface area is 95.5 Å². The highest BCUT2D eigenvalue weighted by atomic mass is 16.5. The zero-order valence-electron chi connectivity index (χ0n) is 10.1. The molecule has 0 heterocycles. The SMILES string of the molecule is CCOC(=O)/C=C(\C)NC(C(=O)O)C(C)C. The first-order valence-electron chi connectivity index (χ1n) is 5.22. The molecular weight excluding hydrogens is 210 g/mol. The molecule has 0 fully saturated rings. The fraction of sp³-hybridized carbons (Fsp3) is 0.636. The van der Waals surface area contributed by atoms with Gasteiger partial charge in [0, 0.05) is 11.8 Å². The van der Waals surface area contributed by atoms with Gasteiger partial charge in [0.05, 0.1) is 6.61 Å². The molecule has 0 spiro atoms. The van der Waals surface area contributed by atoms with Crippen LogP contribution in [0.1, 0.15) is 27.7 Å². The van der Waals surface area contributed by atoms with Gasteiger partial charge in [-0.25, -0.2) is 9.59 Å². The van der Waals surface area contributed by atoms with Crippen LogP contribution in [0.2, 0.25) is 0 Å². The van der Waals surface area contributed by atoms with Gasteiger partial charge in [0.25, 0.3) is 0 Å². The number of carbonyl (C=O) groups excluding carboxylic acids is 1. The van der Waals surface area contributed by atoms with Crippen LogP contribution in [-0.4, -0.2) is 29.7 Å². The van der Waals surface area contributed by atoms with E-state index in [1.54, 1.807) is 27.7 Å². The first kappa shape index (κ1) is 14.5. The van der Waals surface area contributed by atoms with Gasteiger partial charge in [-0.05, 0) is 19.8 Å². The Bertz CT molecular complexity index is 284. The normalized spacial score (nSPS) is 13.4. The summed E-state index contributed by atoms with van der Waals surface area (Å²) in [6.45, 7) is 7.24. The number of aliphatic carboxylic acids is 1. The van der Waals surface area contributed by atoms with Gasteiger partial charge < -0.3 is 15.2 Å². The number of ether oxygens (including phenoxy) is 1. The van der Waals surface area contributed by atoms with E-state index in [1.165, 1.54) is 6.08 Å². The number of carbonyl (C=O) groups is 2. The second-order valence-electron chi connectivity index (χ2n) is 3.78. The molecule has 1 unspecified atom stereocenters. The van der Waals surface area contributed by atoms with E-state index < -0.39 is 18.0 Å². The largest absolute Gasteiger partial charge is 0.480 e. The van der Waals surface area contributed by atoms with Crippen molar-refractivity contribution in [1.29, 1.82) is 0 Å². The van der Waals surface area contributed by atoms with E-state index in [0.717, 1.165) is 0 Å². The molecule has 5 heteroatoms. The number of carboxylic acids is 1. The molecule has 0 aromatic carbocycles. The first-order chi connectivity index (χ1) is 7.38. The molecule has 0 radical (unpaired) electrons. The zero-order chi connectivity index (χ0) is 12.7. The maximum Gasteiger partial charge on any atom is 0.332 e. The van der Waals surface area contributed by atoms with Gasteiger partial charge in [0.15, 0.2) is 0 Å². The lowest BCUT2D eigenvalue weighted by Gasteiger charge is -2.19. The van der Waals surface area contributed by atoms with E-state index in [4.69, 9.17) is 9.84 Å². The Kier molecular flexibility index (Phi) is 6.22. The second kappa shape index (κ2) is 6.87. The Morgan fingerprint density at radius 3 is 2.38 bits per heavy atom. The molecule has 0 saturated carbocycles. The molecular formula is C11H19NO4. The van der Waals surface area contributed by atoms with Crippen LogP contribution in [0.3, 0.4) is 0 Å². The smallest absolute Gasteiger partial charge is 0.332 e. The van der Waals surface area contributed by atoms with Crippen LogP contribution < -0.4 is 5.32 Å². The number of esters is 1. The molecule has 92 valence electrons. The topological polar surface area (TPSA) is 75.6 Å². The van der Waals surface area contributed by atoms with E-state index in [9.17, 15) is 9.59 Å². The Morgan fingerprint density at radius 1 is 1.44 bits per heavy atom. The van der Waals surface area contributed by atoms with Crippen LogP contribution in [0.25, 0.3) is 0 Å². The van der Waals surface area contributed by atoms with Gasteiger partial charge in [0.2, 0.25) is 0 Å². The minimum absolute atomic E-state index is 0.0666. The highest BCUT2D eigenvalue weighted by molar-refractivity contribution is 5.83. The van der Waals surface area contributed by atoms with Crippen LogP contribution >= 0.6 is 0 Å². The van der Waals surface area contributed by atoms with Crippen LogP contribution in [0, 0.1) is 5.92 Å². The number of rotatable bonds is 6. The van der Waals surface area contributed by atoms with Gasteiger partial charge in [-0.1, -0.05) is 13.8 Å². The molecule has 0 bridgehead atoms. The summed E-state index contributed by atoms with van der Waals surface area (Å²) in [5.41, 5.74) is 0.486. The van der Waals surface area contributed by atoms with Crippen molar-refractivity contribution in [1.82, 2.24) is 5.32 Å². The van der Waals surface area contributed by atoms with Gasteiger partial charge >= 0.3 is 11.9 Å². The summed E-state index contributed by atoms with van der Waals surface area (Å²) in [7, 11) is 0. The predicted octanol–water partition coefficient (Wildman–Crippen LogP) is 1.15. The third kappa shape index (κ3) is 5.38. The summed E-state index contributed by atoms with van der Waals surface area (Å²) in [6.07, 6.45) is 1.25. The molecule has 0 aromatic rings. The Balaban J connectivity index is 4.45. The molecule has 0 amide bonds.